The predicted molar refractivity (Wildman–Crippen MR) is 92.3 cm³/mol. The Morgan fingerprint density at radius 2 is 2.04 bits per heavy atom. The highest BCUT2D eigenvalue weighted by molar-refractivity contribution is 5.84. The summed E-state index contributed by atoms with van der Waals surface area (Å²) in [4.78, 5) is 20.3. The van der Waals surface area contributed by atoms with Gasteiger partial charge in [-0.05, 0) is 20.8 Å². The molecule has 2 rings (SSSR count). The SMILES string of the molecule is CCn1cnnc1CNC(=NC)N1CCN(C(C)(C)C(N)=O)CC1. The summed E-state index contributed by atoms with van der Waals surface area (Å²) in [7, 11) is 1.77. The van der Waals surface area contributed by atoms with Gasteiger partial charge in [0.1, 0.15) is 6.33 Å². The van der Waals surface area contributed by atoms with E-state index in [0.29, 0.717) is 6.54 Å². The van der Waals surface area contributed by atoms with Gasteiger partial charge in [-0.25, -0.2) is 0 Å². The number of amides is 1. The van der Waals surface area contributed by atoms with Gasteiger partial charge >= 0.3 is 0 Å². The third-order valence-electron chi connectivity index (χ3n) is 4.63. The van der Waals surface area contributed by atoms with Crippen molar-refractivity contribution in [2.24, 2.45) is 10.7 Å². The molecule has 0 saturated carbocycles. The summed E-state index contributed by atoms with van der Waals surface area (Å²) in [6.45, 7) is 10.3. The van der Waals surface area contributed by atoms with Crippen molar-refractivity contribution in [3.63, 3.8) is 0 Å². The first-order chi connectivity index (χ1) is 11.4. The molecule has 0 radical (unpaired) electrons. The van der Waals surface area contributed by atoms with Crippen LogP contribution in [0.1, 0.15) is 26.6 Å². The Kier molecular flexibility index (Phi) is 5.76. The number of nitrogens with two attached hydrogens (primary N) is 1. The summed E-state index contributed by atoms with van der Waals surface area (Å²) in [5.74, 6) is 1.42. The van der Waals surface area contributed by atoms with E-state index in [2.05, 4.69) is 37.2 Å². The van der Waals surface area contributed by atoms with Crippen LogP contribution in [0.2, 0.25) is 0 Å². The zero-order chi connectivity index (χ0) is 17.7. The van der Waals surface area contributed by atoms with Crippen molar-refractivity contribution in [2.45, 2.75) is 39.4 Å². The van der Waals surface area contributed by atoms with Crippen LogP contribution < -0.4 is 11.1 Å². The molecule has 3 N–H and O–H groups in total. The number of piperazine rings is 1. The fraction of sp³-hybridized carbons (Fsp3) is 0.733. The van der Waals surface area contributed by atoms with Crippen LogP contribution in [0.4, 0.5) is 0 Å². The lowest BCUT2D eigenvalue weighted by atomic mass is 10.0. The van der Waals surface area contributed by atoms with Crippen LogP contribution in [0.3, 0.4) is 0 Å². The third kappa shape index (κ3) is 3.84. The number of rotatable bonds is 5. The lowest BCUT2D eigenvalue weighted by Crippen LogP contribution is -2.61. The molecule has 2 heterocycles. The Hall–Kier alpha value is -2.16. The van der Waals surface area contributed by atoms with Crippen molar-refractivity contribution in [1.82, 2.24) is 29.9 Å². The predicted octanol–water partition coefficient (Wildman–Crippen LogP) is -0.745. The number of carbonyl (C=O) groups is 1. The molecular formula is C15H28N8O. The smallest absolute Gasteiger partial charge is 0.237 e. The van der Waals surface area contributed by atoms with Gasteiger partial charge in [0.25, 0.3) is 0 Å². The zero-order valence-electron chi connectivity index (χ0n) is 15.0. The third-order valence-corrected chi connectivity index (χ3v) is 4.63. The van der Waals surface area contributed by atoms with Gasteiger partial charge in [0.15, 0.2) is 11.8 Å². The number of hydrogen-bond donors (Lipinski definition) is 2. The highest BCUT2D eigenvalue weighted by atomic mass is 16.1. The van der Waals surface area contributed by atoms with Gasteiger partial charge in [-0.2, -0.15) is 0 Å². The minimum atomic E-state index is -0.624. The number of primary amides is 1. The van der Waals surface area contributed by atoms with E-state index in [9.17, 15) is 4.79 Å². The average Bonchev–Trinajstić information content (AvgIpc) is 3.03. The van der Waals surface area contributed by atoms with Crippen LogP contribution in [0.25, 0.3) is 0 Å². The van der Waals surface area contributed by atoms with Gasteiger partial charge in [0.2, 0.25) is 5.91 Å². The van der Waals surface area contributed by atoms with E-state index in [1.54, 1.807) is 13.4 Å². The minimum absolute atomic E-state index is 0.294. The van der Waals surface area contributed by atoms with Gasteiger partial charge in [0.05, 0.1) is 12.1 Å². The van der Waals surface area contributed by atoms with Gasteiger partial charge in [0, 0.05) is 39.8 Å². The number of guanidine groups is 1. The van der Waals surface area contributed by atoms with Crippen molar-refractivity contribution in [1.29, 1.82) is 0 Å². The summed E-state index contributed by atoms with van der Waals surface area (Å²) in [6, 6.07) is 0. The van der Waals surface area contributed by atoms with E-state index in [-0.39, 0.29) is 5.91 Å². The van der Waals surface area contributed by atoms with E-state index in [0.717, 1.165) is 44.5 Å². The van der Waals surface area contributed by atoms with Crippen LogP contribution in [-0.4, -0.2) is 75.2 Å². The van der Waals surface area contributed by atoms with Crippen LogP contribution >= 0.6 is 0 Å². The van der Waals surface area contributed by atoms with Crippen LogP contribution in [0, 0.1) is 0 Å². The second-order valence-corrected chi connectivity index (χ2v) is 6.33. The zero-order valence-corrected chi connectivity index (χ0v) is 15.0. The largest absolute Gasteiger partial charge is 0.368 e. The van der Waals surface area contributed by atoms with E-state index < -0.39 is 5.54 Å². The molecule has 9 nitrogen and oxygen atoms in total. The maximum Gasteiger partial charge on any atom is 0.237 e. The van der Waals surface area contributed by atoms with E-state index in [1.165, 1.54) is 0 Å². The Morgan fingerprint density at radius 3 is 2.58 bits per heavy atom. The van der Waals surface area contributed by atoms with Crippen molar-refractivity contribution in [3.8, 4) is 0 Å². The van der Waals surface area contributed by atoms with Crippen LogP contribution in [-0.2, 0) is 17.9 Å². The monoisotopic (exact) mass is 336 g/mol. The number of aryl methyl sites for hydroxylation is 1. The van der Waals surface area contributed by atoms with Gasteiger partial charge in [-0.15, -0.1) is 10.2 Å². The maximum absolute atomic E-state index is 11.6. The van der Waals surface area contributed by atoms with Crippen molar-refractivity contribution >= 4 is 11.9 Å². The Bertz CT molecular complexity index is 586. The number of carbonyl (C=O) groups excluding carboxylic acids is 1. The summed E-state index contributed by atoms with van der Waals surface area (Å²) in [6.07, 6.45) is 1.73. The van der Waals surface area contributed by atoms with E-state index >= 15 is 0 Å². The molecule has 1 aliphatic rings. The maximum atomic E-state index is 11.6. The summed E-state index contributed by atoms with van der Waals surface area (Å²) in [5.41, 5.74) is 4.88. The lowest BCUT2D eigenvalue weighted by Gasteiger charge is -2.43. The molecule has 1 fully saturated rings. The molecule has 0 spiro atoms. The molecular weight excluding hydrogens is 308 g/mol. The van der Waals surface area contributed by atoms with Gasteiger partial charge < -0.3 is 20.5 Å². The van der Waals surface area contributed by atoms with Crippen molar-refractivity contribution in [3.05, 3.63) is 12.2 Å². The fourth-order valence-corrected chi connectivity index (χ4v) is 2.80. The highest BCUT2D eigenvalue weighted by Crippen LogP contribution is 2.16. The molecule has 1 aromatic rings. The molecule has 0 bridgehead atoms. The molecule has 0 atom stereocenters. The van der Waals surface area contributed by atoms with E-state index in [4.69, 9.17) is 5.73 Å². The molecule has 0 aliphatic carbocycles. The Labute approximate surface area is 142 Å². The number of aromatic nitrogens is 3. The van der Waals surface area contributed by atoms with Crippen LogP contribution in [0.5, 0.6) is 0 Å². The topological polar surface area (TPSA) is 105 Å². The number of nitrogens with zero attached hydrogens (tertiary/aromatic N) is 6. The number of nitrogens with one attached hydrogen (secondary N) is 1. The molecule has 0 aromatic carbocycles. The second-order valence-electron chi connectivity index (χ2n) is 6.33. The standard InChI is InChI=1S/C15H28N8O/c1-5-21-11-19-20-12(21)10-18-14(17-4)22-6-8-23(9-7-22)15(2,3)13(16)24/h11H,5-10H2,1-4H3,(H2,16,24)(H,17,18). The molecule has 134 valence electrons. The second kappa shape index (κ2) is 7.61. The van der Waals surface area contributed by atoms with Gasteiger partial charge in [-0.3, -0.25) is 14.7 Å². The first-order valence-corrected chi connectivity index (χ1v) is 8.27. The Morgan fingerprint density at radius 1 is 1.38 bits per heavy atom. The quantitative estimate of drug-likeness (QED) is 0.542. The summed E-state index contributed by atoms with van der Waals surface area (Å²) in [5, 5.41) is 11.4. The average molecular weight is 336 g/mol. The minimum Gasteiger partial charge on any atom is -0.368 e. The number of aliphatic imine (C=N–C) groups is 1. The highest BCUT2D eigenvalue weighted by Gasteiger charge is 2.35. The Balaban J connectivity index is 1.91. The molecule has 9 heteroatoms. The molecule has 1 aliphatic heterocycles. The molecule has 1 amide bonds. The first-order valence-electron chi connectivity index (χ1n) is 8.27. The van der Waals surface area contributed by atoms with E-state index in [1.807, 2.05) is 18.4 Å². The molecule has 1 saturated heterocycles. The van der Waals surface area contributed by atoms with Crippen LogP contribution in [0.15, 0.2) is 11.3 Å². The molecule has 24 heavy (non-hydrogen) atoms. The molecule has 0 unspecified atom stereocenters. The fourth-order valence-electron chi connectivity index (χ4n) is 2.80. The summed E-state index contributed by atoms with van der Waals surface area (Å²) >= 11 is 0. The molecule has 1 aromatic heterocycles. The van der Waals surface area contributed by atoms with Crippen molar-refractivity contribution < 1.29 is 4.79 Å². The lowest BCUT2D eigenvalue weighted by molar-refractivity contribution is -0.129. The van der Waals surface area contributed by atoms with Crippen molar-refractivity contribution in [2.75, 3.05) is 33.2 Å². The normalized spacial score (nSPS) is 17.2. The first kappa shape index (κ1) is 18.2. The van der Waals surface area contributed by atoms with Gasteiger partial charge in [-0.1, -0.05) is 0 Å². The number of hydrogen-bond acceptors (Lipinski definition) is 5. The summed E-state index contributed by atoms with van der Waals surface area (Å²) < 4.78 is 1.99.